The monoisotopic (exact) mass is 288 g/mol. The lowest BCUT2D eigenvalue weighted by molar-refractivity contribution is -0.384. The summed E-state index contributed by atoms with van der Waals surface area (Å²) < 4.78 is 5.52. The Morgan fingerprint density at radius 2 is 1.86 bits per heavy atom. The number of furan rings is 1. The van der Waals surface area contributed by atoms with E-state index in [2.05, 4.69) is 5.32 Å². The molecule has 1 heterocycles. The highest BCUT2D eigenvalue weighted by Gasteiger charge is 2.08. The Bertz CT molecular complexity index is 631. The number of nitro groups is 1. The highest BCUT2D eigenvalue weighted by atomic mass is 16.6. The number of rotatable bonds is 6. The zero-order valence-corrected chi connectivity index (χ0v) is 11.7. The zero-order chi connectivity index (χ0) is 15.2. The molecule has 0 atom stereocenters. The number of non-ortho nitro benzene ring substituents is 1. The van der Waals surface area contributed by atoms with Crippen LogP contribution >= 0.6 is 0 Å². The van der Waals surface area contributed by atoms with Crippen LogP contribution in [0.25, 0.3) is 0 Å². The summed E-state index contributed by atoms with van der Waals surface area (Å²) in [5.41, 5.74) is 0.537. The number of aryl methyl sites for hydroxylation is 2. The fourth-order valence-corrected chi connectivity index (χ4v) is 1.87. The number of nitrogens with zero attached hydrogens (tertiary/aromatic N) is 1. The van der Waals surface area contributed by atoms with E-state index in [4.69, 9.17) is 4.42 Å². The van der Waals surface area contributed by atoms with Crippen molar-refractivity contribution >= 4 is 17.3 Å². The molecule has 2 aromatic rings. The summed E-state index contributed by atoms with van der Waals surface area (Å²) in [7, 11) is 0. The Morgan fingerprint density at radius 3 is 2.43 bits per heavy atom. The van der Waals surface area contributed by atoms with Crippen molar-refractivity contribution in [1.29, 1.82) is 0 Å². The average Bonchev–Trinajstić information content (AvgIpc) is 2.94. The van der Waals surface area contributed by atoms with Crippen LogP contribution < -0.4 is 5.32 Å². The maximum absolute atomic E-state index is 11.8. The molecule has 1 aromatic carbocycles. The number of benzene rings is 1. The van der Waals surface area contributed by atoms with Gasteiger partial charge in [0.25, 0.3) is 5.69 Å². The Morgan fingerprint density at radius 1 is 1.19 bits per heavy atom. The molecule has 1 aromatic heterocycles. The minimum absolute atomic E-state index is 0.00400. The first-order chi connectivity index (χ1) is 10.1. The summed E-state index contributed by atoms with van der Waals surface area (Å²) in [6.07, 6.45) is 1.65. The molecule has 6 nitrogen and oxygen atoms in total. The van der Waals surface area contributed by atoms with Gasteiger partial charge in [-0.05, 0) is 24.3 Å². The molecule has 21 heavy (non-hydrogen) atoms. The van der Waals surface area contributed by atoms with Gasteiger partial charge in [0, 0.05) is 37.1 Å². The van der Waals surface area contributed by atoms with Crippen molar-refractivity contribution in [2.45, 2.75) is 26.2 Å². The summed E-state index contributed by atoms with van der Waals surface area (Å²) >= 11 is 0. The molecule has 0 aliphatic heterocycles. The van der Waals surface area contributed by atoms with Crippen molar-refractivity contribution < 1.29 is 14.1 Å². The molecule has 0 saturated heterocycles. The Kier molecular flexibility index (Phi) is 4.71. The van der Waals surface area contributed by atoms with E-state index in [0.29, 0.717) is 18.5 Å². The molecule has 0 aliphatic carbocycles. The molecule has 6 heteroatoms. The number of carbonyl (C=O) groups is 1. The summed E-state index contributed by atoms with van der Waals surface area (Å²) in [4.78, 5) is 21.8. The van der Waals surface area contributed by atoms with Gasteiger partial charge >= 0.3 is 0 Å². The van der Waals surface area contributed by atoms with E-state index in [1.165, 1.54) is 24.3 Å². The zero-order valence-electron chi connectivity index (χ0n) is 11.7. The molecular formula is C15H16N2O4. The van der Waals surface area contributed by atoms with E-state index in [1.54, 1.807) is 0 Å². The number of anilines is 1. The lowest BCUT2D eigenvalue weighted by atomic mass is 10.2. The van der Waals surface area contributed by atoms with Crippen LogP contribution in [0.5, 0.6) is 0 Å². The molecular weight excluding hydrogens is 272 g/mol. The van der Waals surface area contributed by atoms with Crippen molar-refractivity contribution in [3.63, 3.8) is 0 Å². The number of carbonyl (C=O) groups excluding carboxylic acids is 1. The van der Waals surface area contributed by atoms with Gasteiger partial charge in [0.2, 0.25) is 5.91 Å². The quantitative estimate of drug-likeness (QED) is 0.652. The first kappa shape index (κ1) is 14.8. The highest BCUT2D eigenvalue weighted by Crippen LogP contribution is 2.16. The molecule has 0 unspecified atom stereocenters. The summed E-state index contributed by atoms with van der Waals surface area (Å²) in [6, 6.07) is 9.52. The van der Waals surface area contributed by atoms with Gasteiger partial charge in [-0.15, -0.1) is 0 Å². The smallest absolute Gasteiger partial charge is 0.269 e. The number of hydrogen-bond donors (Lipinski definition) is 1. The molecule has 110 valence electrons. The van der Waals surface area contributed by atoms with Gasteiger partial charge in [0.05, 0.1) is 4.92 Å². The van der Waals surface area contributed by atoms with E-state index in [9.17, 15) is 14.9 Å². The Balaban J connectivity index is 1.85. The first-order valence-corrected chi connectivity index (χ1v) is 6.70. The molecule has 0 aliphatic rings. The van der Waals surface area contributed by atoms with Crippen molar-refractivity contribution in [2.75, 3.05) is 5.32 Å². The third-order valence-corrected chi connectivity index (χ3v) is 3.03. The molecule has 0 fully saturated rings. The largest absolute Gasteiger partial charge is 0.466 e. The van der Waals surface area contributed by atoms with Gasteiger partial charge in [0.1, 0.15) is 11.5 Å². The summed E-state index contributed by atoms with van der Waals surface area (Å²) in [5, 5.41) is 13.2. The maximum atomic E-state index is 11.8. The van der Waals surface area contributed by atoms with Gasteiger partial charge in [-0.3, -0.25) is 14.9 Å². The van der Waals surface area contributed by atoms with E-state index in [0.717, 1.165) is 17.9 Å². The first-order valence-electron chi connectivity index (χ1n) is 6.70. The number of hydrogen-bond acceptors (Lipinski definition) is 4. The van der Waals surface area contributed by atoms with E-state index in [1.807, 2.05) is 19.1 Å². The third kappa shape index (κ3) is 4.17. The minimum Gasteiger partial charge on any atom is -0.466 e. The molecule has 0 radical (unpaired) electrons. The van der Waals surface area contributed by atoms with Crippen LogP contribution in [-0.2, 0) is 17.6 Å². The van der Waals surface area contributed by atoms with Crippen molar-refractivity contribution in [2.24, 2.45) is 0 Å². The van der Waals surface area contributed by atoms with Crippen molar-refractivity contribution in [1.82, 2.24) is 0 Å². The molecule has 1 amide bonds. The van der Waals surface area contributed by atoms with Crippen LogP contribution in [0.1, 0.15) is 24.9 Å². The fourth-order valence-electron chi connectivity index (χ4n) is 1.87. The van der Waals surface area contributed by atoms with Gasteiger partial charge < -0.3 is 9.73 Å². The van der Waals surface area contributed by atoms with E-state index in [-0.39, 0.29) is 11.6 Å². The van der Waals surface area contributed by atoms with Crippen LogP contribution in [0, 0.1) is 10.1 Å². The van der Waals surface area contributed by atoms with E-state index < -0.39 is 4.92 Å². The van der Waals surface area contributed by atoms with Crippen molar-refractivity contribution in [3.05, 3.63) is 58.0 Å². The summed E-state index contributed by atoms with van der Waals surface area (Å²) in [6.45, 7) is 2.00. The maximum Gasteiger partial charge on any atom is 0.269 e. The van der Waals surface area contributed by atoms with Crippen molar-refractivity contribution in [3.8, 4) is 0 Å². The van der Waals surface area contributed by atoms with Gasteiger partial charge in [0.15, 0.2) is 0 Å². The number of amides is 1. The normalized spacial score (nSPS) is 10.3. The molecule has 0 saturated carbocycles. The fraction of sp³-hybridized carbons (Fsp3) is 0.267. The Labute approximate surface area is 121 Å². The van der Waals surface area contributed by atoms with Gasteiger partial charge in [-0.25, -0.2) is 0 Å². The average molecular weight is 288 g/mol. The lowest BCUT2D eigenvalue weighted by Gasteiger charge is -2.04. The second kappa shape index (κ2) is 6.69. The second-order valence-electron chi connectivity index (χ2n) is 4.57. The topological polar surface area (TPSA) is 85.4 Å². The molecule has 0 bridgehead atoms. The molecule has 0 spiro atoms. The van der Waals surface area contributed by atoms with Gasteiger partial charge in [-0.2, -0.15) is 0 Å². The number of nitrogens with one attached hydrogen (secondary N) is 1. The third-order valence-electron chi connectivity index (χ3n) is 3.03. The van der Waals surface area contributed by atoms with E-state index >= 15 is 0 Å². The second-order valence-corrected chi connectivity index (χ2v) is 4.57. The van der Waals surface area contributed by atoms with Crippen LogP contribution in [-0.4, -0.2) is 10.8 Å². The van der Waals surface area contributed by atoms with Gasteiger partial charge in [-0.1, -0.05) is 6.92 Å². The minimum atomic E-state index is -0.478. The highest BCUT2D eigenvalue weighted by molar-refractivity contribution is 5.90. The van der Waals surface area contributed by atoms with Crippen LogP contribution in [0.15, 0.2) is 40.8 Å². The van der Waals surface area contributed by atoms with Crippen LogP contribution in [0.2, 0.25) is 0 Å². The van der Waals surface area contributed by atoms with Crippen LogP contribution in [0.4, 0.5) is 11.4 Å². The lowest BCUT2D eigenvalue weighted by Crippen LogP contribution is -2.12. The molecule has 2 rings (SSSR count). The predicted molar refractivity (Wildman–Crippen MR) is 78.1 cm³/mol. The Hall–Kier alpha value is -2.63. The standard InChI is InChI=1S/C15H16N2O4/c1-2-13-7-8-14(21-13)9-10-15(18)16-11-3-5-12(6-4-11)17(19)20/h3-8H,2,9-10H2,1H3,(H,16,18). The predicted octanol–water partition coefficient (Wildman–Crippen LogP) is 3.32. The van der Waals surface area contributed by atoms with Crippen LogP contribution in [0.3, 0.4) is 0 Å². The number of nitro benzene ring substituents is 1. The SMILES string of the molecule is CCc1ccc(CCC(=O)Nc2ccc([N+](=O)[O-])cc2)o1. The summed E-state index contributed by atoms with van der Waals surface area (Å²) in [5.74, 6) is 1.53. The molecule has 1 N–H and O–H groups in total.